The molecule has 0 fully saturated rings. The molecule has 0 bridgehead atoms. The first-order chi connectivity index (χ1) is 13.1. The lowest BCUT2D eigenvalue weighted by Crippen LogP contribution is -2.32. The van der Waals surface area contributed by atoms with Gasteiger partial charge in [-0.3, -0.25) is 4.79 Å². The van der Waals surface area contributed by atoms with Crippen LogP contribution in [0, 0.1) is 5.92 Å². The maximum absolute atomic E-state index is 12.7. The summed E-state index contributed by atoms with van der Waals surface area (Å²) in [4.78, 5) is 12.7. The summed E-state index contributed by atoms with van der Waals surface area (Å²) in [6, 6.07) is 10.6. The highest BCUT2D eigenvalue weighted by Gasteiger charge is 2.24. The maximum atomic E-state index is 12.7. The number of nitrogens with zero attached hydrogens (tertiary/aromatic N) is 1. The van der Waals surface area contributed by atoms with Crippen LogP contribution in [0.25, 0.3) is 11.5 Å². The molecule has 0 saturated heterocycles. The number of rotatable bonds is 5. The third-order valence-corrected chi connectivity index (χ3v) is 4.39. The maximum Gasteiger partial charge on any atom is 0.273 e. The van der Waals surface area contributed by atoms with Crippen molar-refractivity contribution in [2.24, 2.45) is 5.92 Å². The van der Waals surface area contributed by atoms with Crippen molar-refractivity contribution in [3.63, 3.8) is 0 Å². The van der Waals surface area contributed by atoms with Gasteiger partial charge in [0, 0.05) is 6.07 Å². The summed E-state index contributed by atoms with van der Waals surface area (Å²) in [5.41, 5.74) is 1.14. The number of nitrogens with one attached hydrogen (secondary N) is 1. The summed E-state index contributed by atoms with van der Waals surface area (Å²) in [6.45, 7) is 5.14. The van der Waals surface area contributed by atoms with Gasteiger partial charge in [-0.15, -0.1) is 0 Å². The van der Waals surface area contributed by atoms with E-state index in [2.05, 4.69) is 10.5 Å². The topological polar surface area (TPSA) is 86.7 Å². The Morgan fingerprint density at radius 2 is 1.89 bits per heavy atom. The van der Waals surface area contributed by atoms with Crippen molar-refractivity contribution < 1.29 is 23.2 Å². The second-order valence-electron chi connectivity index (χ2n) is 6.65. The zero-order chi connectivity index (χ0) is 18.8. The molecule has 0 unspecified atom stereocenters. The third-order valence-electron chi connectivity index (χ3n) is 4.39. The van der Waals surface area contributed by atoms with Gasteiger partial charge in [0.25, 0.3) is 5.91 Å². The molecule has 0 aliphatic carbocycles. The summed E-state index contributed by atoms with van der Waals surface area (Å²) in [5, 5.41) is 6.88. The number of hydrogen-bond donors (Lipinski definition) is 1. The van der Waals surface area contributed by atoms with E-state index in [1.165, 1.54) is 6.26 Å². The molecule has 1 aliphatic rings. The number of amides is 1. The van der Waals surface area contributed by atoms with Crippen LogP contribution in [0.2, 0.25) is 0 Å². The Morgan fingerprint density at radius 1 is 1.07 bits per heavy atom. The zero-order valence-corrected chi connectivity index (χ0v) is 15.1. The smallest absolute Gasteiger partial charge is 0.273 e. The summed E-state index contributed by atoms with van der Waals surface area (Å²) in [5.74, 6) is 2.19. The van der Waals surface area contributed by atoms with E-state index in [0.29, 0.717) is 30.5 Å². The van der Waals surface area contributed by atoms with Crippen LogP contribution in [0.5, 0.6) is 11.5 Å². The molecule has 3 aromatic rings. The van der Waals surface area contributed by atoms with Gasteiger partial charge in [-0.25, -0.2) is 0 Å². The Hall–Kier alpha value is -3.22. The van der Waals surface area contributed by atoms with E-state index in [1.807, 2.05) is 32.0 Å². The van der Waals surface area contributed by atoms with Gasteiger partial charge in [0.1, 0.15) is 13.2 Å². The van der Waals surface area contributed by atoms with E-state index in [0.717, 1.165) is 11.3 Å². The lowest BCUT2D eigenvalue weighted by Gasteiger charge is -2.25. The minimum atomic E-state index is -0.315. The first-order valence-electron chi connectivity index (χ1n) is 8.83. The molecule has 1 amide bonds. The Balaban J connectivity index is 1.54. The number of ether oxygens (including phenoxy) is 2. The summed E-state index contributed by atoms with van der Waals surface area (Å²) < 4.78 is 21.7. The Labute approximate surface area is 156 Å². The van der Waals surface area contributed by atoms with E-state index in [-0.39, 0.29) is 23.6 Å². The predicted octanol–water partition coefficient (Wildman–Crippen LogP) is 3.83. The van der Waals surface area contributed by atoms with Gasteiger partial charge in [-0.2, -0.15) is 0 Å². The zero-order valence-electron chi connectivity index (χ0n) is 15.1. The molecule has 140 valence electrons. The number of carbonyl (C=O) groups is 1. The van der Waals surface area contributed by atoms with Crippen molar-refractivity contribution in [1.82, 2.24) is 10.5 Å². The fourth-order valence-corrected chi connectivity index (χ4v) is 3.02. The predicted molar refractivity (Wildman–Crippen MR) is 96.7 cm³/mol. The Kier molecular flexibility index (Phi) is 4.58. The van der Waals surface area contributed by atoms with Gasteiger partial charge < -0.3 is 23.7 Å². The summed E-state index contributed by atoms with van der Waals surface area (Å²) in [6.07, 6.45) is 1.54. The normalized spacial score (nSPS) is 14.2. The van der Waals surface area contributed by atoms with Crippen molar-refractivity contribution in [2.75, 3.05) is 13.2 Å². The SMILES string of the molecule is CC(C)[C@H](NC(=O)c1cc(-c2ccco2)on1)c1ccc2c(c1)OCCO2. The standard InChI is InChI=1S/C20H20N2O5/c1-12(2)19(13-5-6-16-17(10-13)26-9-8-25-16)21-20(23)14-11-18(27-22-14)15-4-3-7-24-15/h3-7,10-12,19H,8-9H2,1-2H3,(H,21,23)/t19-/m0/s1. The highest BCUT2D eigenvalue weighted by Crippen LogP contribution is 2.34. The van der Waals surface area contributed by atoms with Crippen LogP contribution in [0.3, 0.4) is 0 Å². The van der Waals surface area contributed by atoms with E-state index in [4.69, 9.17) is 18.4 Å². The average Bonchev–Trinajstić information content (AvgIpc) is 3.36. The minimum absolute atomic E-state index is 0.160. The lowest BCUT2D eigenvalue weighted by atomic mass is 9.95. The van der Waals surface area contributed by atoms with Crippen LogP contribution >= 0.6 is 0 Å². The lowest BCUT2D eigenvalue weighted by molar-refractivity contribution is 0.0916. The number of hydrogen-bond acceptors (Lipinski definition) is 6. The second-order valence-corrected chi connectivity index (χ2v) is 6.65. The van der Waals surface area contributed by atoms with Crippen LogP contribution < -0.4 is 14.8 Å². The van der Waals surface area contributed by atoms with E-state index < -0.39 is 0 Å². The number of aromatic nitrogens is 1. The average molecular weight is 368 g/mol. The molecule has 7 nitrogen and oxygen atoms in total. The monoisotopic (exact) mass is 368 g/mol. The molecular weight excluding hydrogens is 348 g/mol. The number of benzene rings is 1. The second kappa shape index (κ2) is 7.19. The largest absolute Gasteiger partial charge is 0.486 e. The van der Waals surface area contributed by atoms with E-state index in [1.54, 1.807) is 18.2 Å². The van der Waals surface area contributed by atoms with Crippen molar-refractivity contribution in [3.8, 4) is 23.0 Å². The van der Waals surface area contributed by atoms with Gasteiger partial charge in [0.15, 0.2) is 23.0 Å². The molecule has 2 aromatic heterocycles. The van der Waals surface area contributed by atoms with Crippen LogP contribution in [-0.4, -0.2) is 24.3 Å². The molecular formula is C20H20N2O5. The van der Waals surface area contributed by atoms with Gasteiger partial charge >= 0.3 is 0 Å². The molecule has 27 heavy (non-hydrogen) atoms. The Bertz CT molecular complexity index is 930. The van der Waals surface area contributed by atoms with E-state index in [9.17, 15) is 4.79 Å². The van der Waals surface area contributed by atoms with Crippen LogP contribution in [0.1, 0.15) is 35.9 Å². The molecule has 4 rings (SSSR count). The highest BCUT2D eigenvalue weighted by molar-refractivity contribution is 5.93. The quantitative estimate of drug-likeness (QED) is 0.736. The minimum Gasteiger partial charge on any atom is -0.486 e. The molecule has 0 radical (unpaired) electrons. The van der Waals surface area contributed by atoms with Crippen LogP contribution in [0.4, 0.5) is 0 Å². The summed E-state index contributed by atoms with van der Waals surface area (Å²) in [7, 11) is 0. The fraction of sp³-hybridized carbons (Fsp3) is 0.300. The van der Waals surface area contributed by atoms with Crippen molar-refractivity contribution in [2.45, 2.75) is 19.9 Å². The van der Waals surface area contributed by atoms with Gasteiger partial charge in [0.05, 0.1) is 12.3 Å². The van der Waals surface area contributed by atoms with Crippen molar-refractivity contribution in [3.05, 3.63) is 53.9 Å². The number of fused-ring (bicyclic) bond motifs is 1. The molecule has 0 spiro atoms. The number of furan rings is 1. The van der Waals surface area contributed by atoms with Crippen molar-refractivity contribution >= 4 is 5.91 Å². The first-order valence-corrected chi connectivity index (χ1v) is 8.83. The van der Waals surface area contributed by atoms with Crippen LogP contribution in [0.15, 0.2) is 51.6 Å². The highest BCUT2D eigenvalue weighted by atomic mass is 16.6. The molecule has 7 heteroatoms. The van der Waals surface area contributed by atoms with E-state index >= 15 is 0 Å². The van der Waals surface area contributed by atoms with Gasteiger partial charge in [-0.05, 0) is 35.7 Å². The fourth-order valence-electron chi connectivity index (χ4n) is 3.02. The third kappa shape index (κ3) is 3.53. The molecule has 1 atom stereocenters. The molecule has 3 heterocycles. The molecule has 1 aliphatic heterocycles. The van der Waals surface area contributed by atoms with Crippen molar-refractivity contribution in [1.29, 1.82) is 0 Å². The summed E-state index contributed by atoms with van der Waals surface area (Å²) >= 11 is 0. The molecule has 1 aromatic carbocycles. The van der Waals surface area contributed by atoms with Crippen LogP contribution in [-0.2, 0) is 0 Å². The van der Waals surface area contributed by atoms with Gasteiger partial charge in [-0.1, -0.05) is 25.1 Å². The number of carbonyl (C=O) groups excluding carboxylic acids is 1. The molecule has 0 saturated carbocycles. The molecule has 1 N–H and O–H groups in total. The van der Waals surface area contributed by atoms with Gasteiger partial charge in [0.2, 0.25) is 5.76 Å². The first kappa shape index (κ1) is 17.2. The Morgan fingerprint density at radius 3 is 2.63 bits per heavy atom.